The number of nitrogen functional groups attached to an aromatic ring is 1. The number of hydrogen-bond acceptors (Lipinski definition) is 5. The van der Waals surface area contributed by atoms with Gasteiger partial charge in [-0.1, -0.05) is 26.2 Å². The summed E-state index contributed by atoms with van der Waals surface area (Å²) < 4.78 is 4.83. The molecule has 1 unspecified atom stereocenters. The fraction of sp³-hybridized carbons (Fsp3) is 0.600. The molecule has 1 aromatic carbocycles. The van der Waals surface area contributed by atoms with E-state index in [-0.39, 0.29) is 0 Å². The number of nitrogens with zero attached hydrogens (tertiary/aromatic N) is 2. The third-order valence-electron chi connectivity index (χ3n) is 4.45. The van der Waals surface area contributed by atoms with Crippen LogP contribution >= 0.6 is 0 Å². The number of anilines is 2. The van der Waals surface area contributed by atoms with Crippen LogP contribution in [0.1, 0.15) is 45.4 Å². The predicted octanol–water partition coefficient (Wildman–Crippen LogP) is 3.58. The molecular weight excluding hydrogens is 252 g/mol. The van der Waals surface area contributed by atoms with Crippen LogP contribution in [0.25, 0.3) is 11.0 Å². The number of hydrogen-bond donors (Lipinski definition) is 2. The molecule has 1 fully saturated rings. The van der Waals surface area contributed by atoms with Crippen LogP contribution < -0.4 is 11.1 Å². The summed E-state index contributed by atoms with van der Waals surface area (Å²) in [5.41, 5.74) is 8.86. The number of nitrogens with two attached hydrogens (primary N) is 1. The van der Waals surface area contributed by atoms with Gasteiger partial charge in [0, 0.05) is 6.04 Å². The molecule has 1 aliphatic carbocycles. The highest BCUT2D eigenvalue weighted by atomic mass is 16.6. The van der Waals surface area contributed by atoms with Crippen molar-refractivity contribution in [3.8, 4) is 0 Å². The third kappa shape index (κ3) is 2.44. The summed E-state index contributed by atoms with van der Waals surface area (Å²) in [7, 11) is 0. The Morgan fingerprint density at radius 1 is 1.25 bits per heavy atom. The number of rotatable bonds is 4. The van der Waals surface area contributed by atoms with Crippen LogP contribution in [0.4, 0.5) is 11.4 Å². The number of nitrogens with one attached hydrogen (secondary N) is 1. The highest BCUT2D eigenvalue weighted by molar-refractivity contribution is 5.95. The molecular formula is C15H22N4O. The first-order chi connectivity index (χ1) is 9.79. The Bertz CT molecular complexity index is 574. The Hall–Kier alpha value is -1.78. The second kappa shape index (κ2) is 5.69. The van der Waals surface area contributed by atoms with Gasteiger partial charge in [0.1, 0.15) is 0 Å². The Balaban J connectivity index is 1.83. The van der Waals surface area contributed by atoms with Gasteiger partial charge in [-0.05, 0) is 47.6 Å². The third-order valence-corrected chi connectivity index (χ3v) is 4.45. The lowest BCUT2D eigenvalue weighted by molar-refractivity contribution is 0.311. The van der Waals surface area contributed by atoms with E-state index >= 15 is 0 Å². The second-order valence-electron chi connectivity index (χ2n) is 5.72. The maximum absolute atomic E-state index is 5.89. The van der Waals surface area contributed by atoms with E-state index in [0.29, 0.717) is 17.2 Å². The lowest BCUT2D eigenvalue weighted by Gasteiger charge is -2.31. The highest BCUT2D eigenvalue weighted by Gasteiger charge is 2.23. The molecule has 1 atom stereocenters. The lowest BCUT2D eigenvalue weighted by atomic mass is 9.83. The van der Waals surface area contributed by atoms with Crippen LogP contribution in [-0.4, -0.2) is 16.4 Å². The fourth-order valence-corrected chi connectivity index (χ4v) is 3.29. The van der Waals surface area contributed by atoms with Gasteiger partial charge >= 0.3 is 0 Å². The highest BCUT2D eigenvalue weighted by Crippen LogP contribution is 2.32. The second-order valence-corrected chi connectivity index (χ2v) is 5.72. The fourth-order valence-electron chi connectivity index (χ4n) is 3.29. The SMILES string of the molecule is CCC(Nc1ccc(N)c2nonc12)C1CCCCC1. The smallest absolute Gasteiger partial charge is 0.160 e. The molecule has 3 rings (SSSR count). The van der Waals surface area contributed by atoms with Crippen molar-refractivity contribution in [2.75, 3.05) is 11.1 Å². The molecule has 5 nitrogen and oxygen atoms in total. The van der Waals surface area contributed by atoms with Crippen molar-refractivity contribution in [2.45, 2.75) is 51.5 Å². The largest absolute Gasteiger partial charge is 0.397 e. The summed E-state index contributed by atoms with van der Waals surface area (Å²) in [5.74, 6) is 0.751. The minimum Gasteiger partial charge on any atom is -0.397 e. The van der Waals surface area contributed by atoms with Gasteiger partial charge < -0.3 is 11.1 Å². The molecule has 0 bridgehead atoms. The standard InChI is InChI=1S/C15H22N4O/c1-2-12(10-6-4-3-5-7-10)17-13-9-8-11(16)14-15(13)19-20-18-14/h8-10,12,17H,2-7,16H2,1H3. The van der Waals surface area contributed by atoms with E-state index in [4.69, 9.17) is 10.4 Å². The Kier molecular flexibility index (Phi) is 3.76. The molecule has 1 heterocycles. The summed E-state index contributed by atoms with van der Waals surface area (Å²) in [5, 5.41) is 11.5. The topological polar surface area (TPSA) is 77.0 Å². The zero-order valence-electron chi connectivity index (χ0n) is 11.9. The Labute approximate surface area is 118 Å². The monoisotopic (exact) mass is 274 g/mol. The first-order valence-electron chi connectivity index (χ1n) is 7.57. The predicted molar refractivity (Wildman–Crippen MR) is 80.5 cm³/mol. The van der Waals surface area contributed by atoms with E-state index in [2.05, 4.69) is 22.6 Å². The molecule has 1 aromatic heterocycles. The maximum atomic E-state index is 5.89. The van der Waals surface area contributed by atoms with E-state index in [1.54, 1.807) is 0 Å². The van der Waals surface area contributed by atoms with Crippen molar-refractivity contribution in [2.24, 2.45) is 5.92 Å². The molecule has 0 spiro atoms. The van der Waals surface area contributed by atoms with Crippen molar-refractivity contribution >= 4 is 22.4 Å². The number of aromatic nitrogens is 2. The maximum Gasteiger partial charge on any atom is 0.160 e. The van der Waals surface area contributed by atoms with Crippen LogP contribution in [0, 0.1) is 5.92 Å². The number of fused-ring (bicyclic) bond motifs is 1. The van der Waals surface area contributed by atoms with Crippen molar-refractivity contribution in [1.82, 2.24) is 10.3 Å². The van der Waals surface area contributed by atoms with Gasteiger partial charge in [0.05, 0.1) is 11.4 Å². The Morgan fingerprint density at radius 3 is 2.75 bits per heavy atom. The molecule has 0 radical (unpaired) electrons. The molecule has 108 valence electrons. The van der Waals surface area contributed by atoms with Crippen LogP contribution in [0.5, 0.6) is 0 Å². The van der Waals surface area contributed by atoms with E-state index in [9.17, 15) is 0 Å². The van der Waals surface area contributed by atoms with E-state index < -0.39 is 0 Å². The van der Waals surface area contributed by atoms with Crippen molar-refractivity contribution in [3.05, 3.63) is 12.1 Å². The molecule has 3 N–H and O–H groups in total. The summed E-state index contributed by atoms with van der Waals surface area (Å²) >= 11 is 0. The van der Waals surface area contributed by atoms with Crippen molar-refractivity contribution in [1.29, 1.82) is 0 Å². The van der Waals surface area contributed by atoms with Crippen LogP contribution in [0.3, 0.4) is 0 Å². The van der Waals surface area contributed by atoms with Crippen LogP contribution in [0.2, 0.25) is 0 Å². The van der Waals surface area contributed by atoms with Crippen LogP contribution in [0.15, 0.2) is 16.8 Å². The minimum atomic E-state index is 0.485. The van der Waals surface area contributed by atoms with Gasteiger partial charge in [0.25, 0.3) is 0 Å². The van der Waals surface area contributed by atoms with E-state index in [1.807, 2.05) is 12.1 Å². The molecule has 1 saturated carbocycles. The minimum absolute atomic E-state index is 0.485. The Morgan fingerprint density at radius 2 is 2.00 bits per heavy atom. The molecule has 2 aromatic rings. The van der Waals surface area contributed by atoms with Gasteiger partial charge in [0.2, 0.25) is 0 Å². The zero-order chi connectivity index (χ0) is 13.9. The quantitative estimate of drug-likeness (QED) is 0.833. The van der Waals surface area contributed by atoms with Gasteiger partial charge in [-0.15, -0.1) is 0 Å². The summed E-state index contributed by atoms with van der Waals surface area (Å²) in [6.45, 7) is 2.24. The first kappa shape index (κ1) is 13.2. The average Bonchev–Trinajstić information content (AvgIpc) is 2.98. The van der Waals surface area contributed by atoms with Gasteiger partial charge in [-0.25, -0.2) is 4.63 Å². The van der Waals surface area contributed by atoms with E-state index in [0.717, 1.165) is 23.5 Å². The van der Waals surface area contributed by atoms with Gasteiger partial charge in [-0.2, -0.15) is 0 Å². The molecule has 0 aliphatic heterocycles. The van der Waals surface area contributed by atoms with Gasteiger partial charge in [0.15, 0.2) is 11.0 Å². The average molecular weight is 274 g/mol. The molecule has 5 heteroatoms. The van der Waals surface area contributed by atoms with E-state index in [1.165, 1.54) is 32.1 Å². The van der Waals surface area contributed by atoms with Crippen molar-refractivity contribution < 1.29 is 4.63 Å². The summed E-state index contributed by atoms with van der Waals surface area (Å²) in [6.07, 6.45) is 7.84. The molecule has 0 saturated heterocycles. The molecule has 20 heavy (non-hydrogen) atoms. The van der Waals surface area contributed by atoms with Gasteiger partial charge in [-0.3, -0.25) is 0 Å². The molecule has 0 amide bonds. The van der Waals surface area contributed by atoms with Crippen LogP contribution in [-0.2, 0) is 0 Å². The lowest BCUT2D eigenvalue weighted by Crippen LogP contribution is -2.30. The summed E-state index contributed by atoms with van der Waals surface area (Å²) in [4.78, 5) is 0. The molecule has 1 aliphatic rings. The zero-order valence-corrected chi connectivity index (χ0v) is 11.9. The van der Waals surface area contributed by atoms with Crippen molar-refractivity contribution in [3.63, 3.8) is 0 Å². The summed E-state index contributed by atoms with van der Waals surface area (Å²) in [6, 6.07) is 4.33. The first-order valence-corrected chi connectivity index (χ1v) is 7.57. The number of benzene rings is 1. The normalized spacial score (nSPS) is 18.2.